The van der Waals surface area contributed by atoms with E-state index in [0.717, 1.165) is 0 Å². The second kappa shape index (κ2) is 7.65. The van der Waals surface area contributed by atoms with E-state index in [9.17, 15) is 9.36 Å². The molecular formula is C20H25N2O3P. The first kappa shape index (κ1) is 18.7. The molecule has 0 atom stereocenters. The molecule has 0 unspecified atom stereocenters. The lowest BCUT2D eigenvalue weighted by molar-refractivity contribution is 0.106. The van der Waals surface area contributed by atoms with Crippen molar-refractivity contribution < 1.29 is 14.1 Å². The molecule has 2 aromatic carbocycles. The standard InChI is InChI=1S/C20H25N2O3P/c1-26(2,24)14-22(12-11-21)20(23)25-13-19-17-9-5-3-7-15(17)16-8-4-6-10-18(16)19/h3-10,19H,11-14,21H2,1-2H3. The van der Waals surface area contributed by atoms with E-state index in [4.69, 9.17) is 10.5 Å². The lowest BCUT2D eigenvalue weighted by atomic mass is 9.98. The summed E-state index contributed by atoms with van der Waals surface area (Å²) in [5.41, 5.74) is 10.3. The van der Waals surface area contributed by atoms with Crippen LogP contribution in [0.2, 0.25) is 0 Å². The van der Waals surface area contributed by atoms with Crippen molar-refractivity contribution in [1.82, 2.24) is 4.90 Å². The number of rotatable bonds is 6. The molecule has 1 amide bonds. The number of hydrogen-bond acceptors (Lipinski definition) is 4. The van der Waals surface area contributed by atoms with Crippen LogP contribution in [-0.2, 0) is 9.30 Å². The normalized spacial score (nSPS) is 13.2. The molecule has 3 rings (SSSR count). The molecule has 0 aromatic heterocycles. The molecule has 1 aliphatic carbocycles. The minimum absolute atomic E-state index is 0.0149. The molecule has 0 heterocycles. The zero-order valence-corrected chi connectivity index (χ0v) is 16.1. The van der Waals surface area contributed by atoms with E-state index in [1.807, 2.05) is 24.3 Å². The Bertz CT molecular complexity index is 801. The van der Waals surface area contributed by atoms with Gasteiger partial charge in [-0.1, -0.05) is 48.5 Å². The van der Waals surface area contributed by atoms with Crippen LogP contribution in [-0.4, -0.2) is 50.3 Å². The number of hydrogen-bond donors (Lipinski definition) is 1. The van der Waals surface area contributed by atoms with Gasteiger partial charge in [-0.05, 0) is 35.6 Å². The zero-order valence-electron chi connectivity index (χ0n) is 15.2. The van der Waals surface area contributed by atoms with Crippen LogP contribution in [0.25, 0.3) is 11.1 Å². The highest BCUT2D eigenvalue weighted by atomic mass is 31.2. The van der Waals surface area contributed by atoms with Gasteiger partial charge in [0.2, 0.25) is 0 Å². The predicted molar refractivity (Wildman–Crippen MR) is 105 cm³/mol. The van der Waals surface area contributed by atoms with Crippen LogP contribution in [0, 0.1) is 0 Å². The molecule has 0 saturated carbocycles. The number of amides is 1. The molecule has 1 aliphatic rings. The van der Waals surface area contributed by atoms with Crippen molar-refractivity contribution in [2.24, 2.45) is 5.73 Å². The van der Waals surface area contributed by atoms with Gasteiger partial charge >= 0.3 is 6.09 Å². The lowest BCUT2D eigenvalue weighted by Gasteiger charge is -2.24. The molecule has 6 heteroatoms. The smallest absolute Gasteiger partial charge is 0.410 e. The Hall–Kier alpha value is -2.10. The quantitative estimate of drug-likeness (QED) is 0.784. The highest BCUT2D eigenvalue weighted by molar-refractivity contribution is 7.62. The summed E-state index contributed by atoms with van der Waals surface area (Å²) < 4.78 is 17.7. The van der Waals surface area contributed by atoms with Gasteiger partial charge in [0, 0.05) is 19.0 Å². The maximum absolute atomic E-state index is 12.5. The van der Waals surface area contributed by atoms with E-state index in [1.165, 1.54) is 27.2 Å². The highest BCUT2D eigenvalue weighted by Crippen LogP contribution is 2.44. The fraction of sp³-hybridized carbons (Fsp3) is 0.350. The number of carbonyl (C=O) groups excluding carboxylic acids is 1. The topological polar surface area (TPSA) is 72.6 Å². The fourth-order valence-corrected chi connectivity index (χ4v) is 4.55. The summed E-state index contributed by atoms with van der Waals surface area (Å²) in [7, 11) is -2.39. The molecule has 26 heavy (non-hydrogen) atoms. The summed E-state index contributed by atoms with van der Waals surface area (Å²) in [6.45, 7) is 4.22. The molecule has 0 aliphatic heterocycles. The van der Waals surface area contributed by atoms with E-state index in [2.05, 4.69) is 24.3 Å². The van der Waals surface area contributed by atoms with Gasteiger partial charge in [0.05, 0.1) is 6.29 Å². The van der Waals surface area contributed by atoms with E-state index < -0.39 is 13.2 Å². The Kier molecular flexibility index (Phi) is 5.49. The van der Waals surface area contributed by atoms with Gasteiger partial charge in [0.15, 0.2) is 0 Å². The number of fused-ring (bicyclic) bond motifs is 3. The number of ether oxygens (including phenoxy) is 1. The van der Waals surface area contributed by atoms with Crippen molar-refractivity contribution >= 4 is 13.2 Å². The third-order valence-electron chi connectivity index (χ3n) is 4.50. The molecule has 2 N–H and O–H groups in total. The first-order chi connectivity index (χ1) is 12.4. The predicted octanol–water partition coefficient (Wildman–Crippen LogP) is 3.78. The van der Waals surface area contributed by atoms with Crippen LogP contribution in [0.1, 0.15) is 17.0 Å². The minimum Gasteiger partial charge on any atom is -0.448 e. The van der Waals surface area contributed by atoms with Crippen LogP contribution in [0.15, 0.2) is 48.5 Å². The Labute approximate surface area is 154 Å². The largest absolute Gasteiger partial charge is 0.448 e. The summed E-state index contributed by atoms with van der Waals surface area (Å²) in [6.07, 6.45) is -0.276. The maximum atomic E-state index is 12.5. The molecule has 0 saturated heterocycles. The van der Waals surface area contributed by atoms with Crippen LogP contribution in [0.3, 0.4) is 0 Å². The van der Waals surface area contributed by atoms with E-state index in [1.54, 1.807) is 13.3 Å². The highest BCUT2D eigenvalue weighted by Gasteiger charge is 2.30. The molecule has 2 aromatic rings. The van der Waals surface area contributed by atoms with Crippen molar-refractivity contribution in [1.29, 1.82) is 0 Å². The average molecular weight is 372 g/mol. The summed E-state index contributed by atoms with van der Waals surface area (Å²) in [5.74, 6) is 0.0149. The molecule has 0 bridgehead atoms. The Morgan fingerprint density at radius 2 is 1.62 bits per heavy atom. The second-order valence-corrected chi connectivity index (χ2v) is 10.5. The van der Waals surface area contributed by atoms with Gasteiger partial charge in [0.25, 0.3) is 0 Å². The third-order valence-corrected chi connectivity index (χ3v) is 5.53. The summed E-state index contributed by atoms with van der Waals surface area (Å²) in [6, 6.07) is 16.4. The zero-order chi connectivity index (χ0) is 18.7. The molecule has 0 radical (unpaired) electrons. The first-order valence-electron chi connectivity index (χ1n) is 8.74. The minimum atomic E-state index is -2.39. The molecule has 138 valence electrons. The van der Waals surface area contributed by atoms with Crippen molar-refractivity contribution in [3.8, 4) is 11.1 Å². The van der Waals surface area contributed by atoms with Gasteiger partial charge in [0.1, 0.15) is 13.7 Å². The number of nitrogens with zero attached hydrogens (tertiary/aromatic N) is 1. The SMILES string of the molecule is CP(C)(=O)CN(CCN)C(=O)OCC1c2ccccc2-c2ccccc21. The van der Waals surface area contributed by atoms with Crippen molar-refractivity contribution in [3.05, 3.63) is 59.7 Å². The molecular weight excluding hydrogens is 347 g/mol. The van der Waals surface area contributed by atoms with Gasteiger partial charge in [-0.2, -0.15) is 0 Å². The van der Waals surface area contributed by atoms with Crippen molar-refractivity contribution in [2.45, 2.75) is 5.92 Å². The number of carbonyl (C=O) groups is 1. The monoisotopic (exact) mass is 372 g/mol. The van der Waals surface area contributed by atoms with Gasteiger partial charge in [-0.25, -0.2) is 4.79 Å². The fourth-order valence-electron chi connectivity index (χ4n) is 3.47. The van der Waals surface area contributed by atoms with Crippen LogP contribution < -0.4 is 5.73 Å². The van der Waals surface area contributed by atoms with Crippen LogP contribution in [0.5, 0.6) is 0 Å². The van der Waals surface area contributed by atoms with E-state index in [0.29, 0.717) is 13.1 Å². The van der Waals surface area contributed by atoms with Crippen LogP contribution >= 0.6 is 7.14 Å². The Morgan fingerprint density at radius 3 is 2.12 bits per heavy atom. The third kappa shape index (κ3) is 4.00. The number of nitrogens with two attached hydrogens (primary N) is 1. The molecule has 0 spiro atoms. The van der Waals surface area contributed by atoms with Crippen LogP contribution in [0.4, 0.5) is 4.79 Å². The number of benzene rings is 2. The average Bonchev–Trinajstić information content (AvgIpc) is 2.92. The first-order valence-corrected chi connectivity index (χ1v) is 11.5. The summed E-state index contributed by atoms with van der Waals surface area (Å²) in [4.78, 5) is 14.0. The summed E-state index contributed by atoms with van der Waals surface area (Å²) >= 11 is 0. The van der Waals surface area contributed by atoms with Gasteiger partial charge in [-0.15, -0.1) is 0 Å². The van der Waals surface area contributed by atoms with Gasteiger partial charge < -0.3 is 15.0 Å². The van der Waals surface area contributed by atoms with E-state index in [-0.39, 0.29) is 18.8 Å². The Morgan fingerprint density at radius 1 is 1.08 bits per heavy atom. The summed E-state index contributed by atoms with van der Waals surface area (Å²) in [5, 5.41) is 0. The van der Waals surface area contributed by atoms with Gasteiger partial charge in [-0.3, -0.25) is 4.90 Å². The van der Waals surface area contributed by atoms with E-state index >= 15 is 0 Å². The Balaban J connectivity index is 1.77. The molecule has 0 fully saturated rings. The van der Waals surface area contributed by atoms with Crippen molar-refractivity contribution in [3.63, 3.8) is 0 Å². The molecule has 5 nitrogen and oxygen atoms in total. The maximum Gasteiger partial charge on any atom is 0.410 e. The lowest BCUT2D eigenvalue weighted by Crippen LogP contribution is -2.37. The second-order valence-electron chi connectivity index (χ2n) is 7.07. The van der Waals surface area contributed by atoms with Crippen molar-refractivity contribution in [2.75, 3.05) is 39.3 Å².